The van der Waals surface area contributed by atoms with Gasteiger partial charge in [-0.3, -0.25) is 0 Å². The van der Waals surface area contributed by atoms with Gasteiger partial charge in [-0.25, -0.2) is 0 Å². The summed E-state index contributed by atoms with van der Waals surface area (Å²) in [6.45, 7) is 0. The molecule has 0 spiro atoms. The summed E-state index contributed by atoms with van der Waals surface area (Å²) >= 11 is 0. The molecule has 0 N–H and O–H groups in total. The summed E-state index contributed by atoms with van der Waals surface area (Å²) < 4.78 is 0. The summed E-state index contributed by atoms with van der Waals surface area (Å²) in [5.41, 5.74) is 0. The SMILES string of the molecule is [Ce+3].[O-2].[O-2].[O-2].[O-2].[O-2].[O-2].[Ta+5].[Ti+4]. The Labute approximate surface area is 117 Å². The third-order valence-corrected chi connectivity index (χ3v) is 0. The van der Waals surface area contributed by atoms with E-state index in [9.17, 15) is 0 Å². The fourth-order valence-electron chi connectivity index (χ4n) is 0. The van der Waals surface area contributed by atoms with E-state index in [4.69, 9.17) is 0 Å². The van der Waals surface area contributed by atoms with Crippen LogP contribution in [0.3, 0.4) is 0 Å². The molecule has 0 aliphatic rings. The molecule has 0 aromatic carbocycles. The molecule has 9 heteroatoms. The molecule has 0 heterocycles. The summed E-state index contributed by atoms with van der Waals surface area (Å²) in [4.78, 5) is 0. The van der Waals surface area contributed by atoms with Crippen molar-refractivity contribution in [3.05, 3.63) is 0 Å². The molecule has 1 radical (unpaired) electrons. The second-order valence-electron chi connectivity index (χ2n) is 0. The van der Waals surface area contributed by atoms with E-state index in [0.717, 1.165) is 0 Å². The molecule has 0 saturated carbocycles. The minimum Gasteiger partial charge on any atom is -2.00 e. The Bertz CT molecular complexity index is 13.0. The molecule has 0 bridgehead atoms. The molecule has 6 nitrogen and oxygen atoms in total. The number of hydrogen-bond acceptors (Lipinski definition) is 0. The van der Waals surface area contributed by atoms with Crippen LogP contribution in [0.15, 0.2) is 0 Å². The molecule has 0 amide bonds. The molecule has 0 aliphatic heterocycles. The van der Waals surface area contributed by atoms with Crippen molar-refractivity contribution in [1.29, 1.82) is 0 Å². The van der Waals surface area contributed by atoms with Crippen molar-refractivity contribution in [2.75, 3.05) is 0 Å². The zero-order valence-corrected chi connectivity index (χ0v) is 11.8. The fourth-order valence-corrected chi connectivity index (χ4v) is 0. The van der Waals surface area contributed by atoms with Gasteiger partial charge in [0.2, 0.25) is 0 Å². The zero-order valence-electron chi connectivity index (χ0n) is 3.90. The first-order valence-corrected chi connectivity index (χ1v) is 0. The number of hydrogen-bond donors (Lipinski definition) is 0. The predicted molar refractivity (Wildman–Crippen MR) is 4.12 cm³/mol. The van der Waals surface area contributed by atoms with E-state index in [1.54, 1.807) is 0 Å². The molecule has 0 atom stereocenters. The van der Waals surface area contributed by atoms with Crippen LogP contribution in [0.5, 0.6) is 0 Å². The first kappa shape index (κ1) is 194. The van der Waals surface area contributed by atoms with Crippen LogP contribution in [0.1, 0.15) is 0 Å². The first-order chi connectivity index (χ1) is 0. The molecule has 0 aliphatic carbocycles. The van der Waals surface area contributed by atoms with E-state index in [1.165, 1.54) is 0 Å². The third-order valence-electron chi connectivity index (χ3n) is 0. The minimum atomic E-state index is 0. The van der Waals surface area contributed by atoms with Crippen LogP contribution in [0.4, 0.5) is 0 Å². The standard InChI is InChI=1S/Ce.6O.Ta.Ti/q+3;6*-2;+5;+4. The molecule has 0 rings (SSSR count). The average molecular weight is 465 g/mol. The van der Waals surface area contributed by atoms with E-state index in [1.807, 2.05) is 0 Å². The Morgan fingerprint density at radius 3 is 0.444 bits per heavy atom. The van der Waals surface area contributed by atoms with Crippen molar-refractivity contribution in [2.45, 2.75) is 0 Å². The first-order valence-electron chi connectivity index (χ1n) is 0. The van der Waals surface area contributed by atoms with Crippen molar-refractivity contribution in [1.82, 2.24) is 0 Å². The molecular weight excluding hydrogens is 465 g/mol. The number of rotatable bonds is 0. The van der Waals surface area contributed by atoms with Crippen LogP contribution in [0.25, 0.3) is 0 Å². The van der Waals surface area contributed by atoms with Crippen LogP contribution < -0.4 is 0 Å². The minimum absolute atomic E-state index is 0. The third kappa shape index (κ3) is 116. The molecule has 0 aromatic heterocycles. The van der Waals surface area contributed by atoms with Crippen LogP contribution in [-0.2, 0) is 77.0 Å². The fraction of sp³-hybridized carbons (Fsp3) is 0. The normalized spacial score (nSPS) is 0. The van der Waals surface area contributed by atoms with Crippen molar-refractivity contribution in [3.8, 4) is 0 Å². The maximum absolute atomic E-state index is 0. The van der Waals surface area contributed by atoms with Gasteiger partial charge in [0, 0.05) is 0 Å². The van der Waals surface area contributed by atoms with Crippen LogP contribution in [0.2, 0.25) is 0 Å². The van der Waals surface area contributed by atoms with E-state index in [2.05, 4.69) is 0 Å². The van der Waals surface area contributed by atoms with Gasteiger partial charge in [-0.2, -0.15) is 0 Å². The van der Waals surface area contributed by atoms with E-state index >= 15 is 0 Å². The van der Waals surface area contributed by atoms with Crippen molar-refractivity contribution >= 4 is 0 Å². The van der Waals surface area contributed by atoms with Gasteiger partial charge in [0.05, 0.1) is 0 Å². The Hall–Kier alpha value is 2.59. The average Bonchev–Trinajstić information content (AvgIpc) is 0. The maximum atomic E-state index is 0. The Morgan fingerprint density at radius 1 is 0.444 bits per heavy atom. The molecule has 0 fully saturated rings. The van der Waals surface area contributed by atoms with Gasteiger partial charge in [0.1, 0.15) is 0 Å². The maximum Gasteiger partial charge on any atom is 5.00 e. The van der Waals surface area contributed by atoms with Crippen molar-refractivity contribution in [2.24, 2.45) is 0 Å². The predicted octanol–water partition coefficient (Wildman–Crippen LogP) is -0.718. The second-order valence-corrected chi connectivity index (χ2v) is 0. The Morgan fingerprint density at radius 2 is 0.444 bits per heavy atom. The van der Waals surface area contributed by atoms with Crippen LogP contribution in [-0.4, -0.2) is 0 Å². The topological polar surface area (TPSA) is 171 Å². The van der Waals surface area contributed by atoms with E-state index in [0.29, 0.717) is 0 Å². The largest absolute Gasteiger partial charge is 5.00 e. The van der Waals surface area contributed by atoms with Gasteiger partial charge in [-0.15, -0.1) is 0 Å². The van der Waals surface area contributed by atoms with Crippen LogP contribution in [0, 0.1) is 41.7 Å². The summed E-state index contributed by atoms with van der Waals surface area (Å²) in [5.74, 6) is 0. The summed E-state index contributed by atoms with van der Waals surface area (Å²) in [5, 5.41) is 0. The van der Waals surface area contributed by atoms with Crippen molar-refractivity contribution in [3.63, 3.8) is 0 Å². The Kier molecular flexibility index (Phi) is 3120. The van der Waals surface area contributed by atoms with Gasteiger partial charge >= 0.3 is 85.8 Å². The van der Waals surface area contributed by atoms with Gasteiger partial charge in [0.25, 0.3) is 0 Å². The van der Waals surface area contributed by atoms with E-state index < -0.39 is 0 Å². The monoisotopic (exact) mass is 465 g/mol. The smallest absolute Gasteiger partial charge is 2.00 e. The van der Waals surface area contributed by atoms with Gasteiger partial charge in [0.15, 0.2) is 0 Å². The van der Waals surface area contributed by atoms with Crippen LogP contribution >= 0.6 is 0 Å². The quantitative estimate of drug-likeness (QED) is 0.412. The Balaban J connectivity index is 0. The molecule has 49 valence electrons. The van der Waals surface area contributed by atoms with Gasteiger partial charge in [-0.1, -0.05) is 0 Å². The molecule has 0 aromatic rings. The van der Waals surface area contributed by atoms with E-state index in [-0.39, 0.29) is 119 Å². The van der Waals surface area contributed by atoms with Crippen molar-refractivity contribution < 1.29 is 119 Å². The molecule has 9 heavy (non-hydrogen) atoms. The second kappa shape index (κ2) is 145. The van der Waals surface area contributed by atoms with Gasteiger partial charge < -0.3 is 32.9 Å². The zero-order chi connectivity index (χ0) is 0. The summed E-state index contributed by atoms with van der Waals surface area (Å²) in [6, 6.07) is 0. The molecule has 0 unspecified atom stereocenters. The molecule has 0 saturated heterocycles. The summed E-state index contributed by atoms with van der Waals surface area (Å²) in [6.07, 6.45) is 0. The summed E-state index contributed by atoms with van der Waals surface area (Å²) in [7, 11) is 0. The van der Waals surface area contributed by atoms with Gasteiger partial charge in [-0.05, 0) is 0 Å². The molecular formula is CeO6TaTi.